The number of piperidine rings is 2. The Morgan fingerprint density at radius 1 is 0.614 bits per heavy atom. The molecule has 0 bridgehead atoms. The maximum atomic E-state index is 13.6. The second kappa shape index (κ2) is 13.8. The van der Waals surface area contributed by atoms with Crippen molar-refractivity contribution < 1.29 is 33.8 Å². The predicted octanol–water partition coefficient (Wildman–Crippen LogP) is 5.68. The van der Waals surface area contributed by atoms with Crippen molar-refractivity contribution in [2.45, 2.75) is 74.9 Å². The SMILES string of the molecule is C[C@](O)(C(=O)N1C(C(=O)Nc2ccc(-c3cnc(-c4ccc(NC(=O)C5CC6CC6N5C(=O)[C@](C)(O)c5ccccc5)cc4)o3)cc2)CC2CC21)c1ccccc1. The Morgan fingerprint density at radius 3 is 1.47 bits per heavy atom. The first kappa shape index (κ1) is 36.5. The molecule has 4 aromatic carbocycles. The van der Waals surface area contributed by atoms with Crippen molar-refractivity contribution in [3.63, 3.8) is 0 Å². The summed E-state index contributed by atoms with van der Waals surface area (Å²) in [5.74, 6) is -0.122. The molecule has 57 heavy (non-hydrogen) atoms. The highest BCUT2D eigenvalue weighted by molar-refractivity contribution is 6.00. The minimum absolute atomic E-state index is 0.0447. The number of aromatic nitrogens is 1. The van der Waals surface area contributed by atoms with E-state index >= 15 is 0 Å². The van der Waals surface area contributed by atoms with Crippen LogP contribution in [-0.2, 0) is 30.4 Å². The fraction of sp³-hybridized carbons (Fsp3) is 0.311. The lowest BCUT2D eigenvalue weighted by atomic mass is 9.93. The van der Waals surface area contributed by atoms with Gasteiger partial charge in [0.05, 0.1) is 6.20 Å². The predicted molar refractivity (Wildman–Crippen MR) is 211 cm³/mol. The Hall–Kier alpha value is -6.11. The summed E-state index contributed by atoms with van der Waals surface area (Å²) < 4.78 is 6.09. The largest absolute Gasteiger partial charge is 0.436 e. The molecule has 5 aromatic rings. The second-order valence-electron chi connectivity index (χ2n) is 16.1. The Balaban J connectivity index is 0.819. The maximum Gasteiger partial charge on any atom is 0.259 e. The van der Waals surface area contributed by atoms with Crippen molar-refractivity contribution in [1.29, 1.82) is 0 Å². The standard InChI is InChI=1S/C45H43N5O7/c1-44(55,30-9-5-3-6-10-30)42(53)49-34-21-28(34)23-36(49)39(51)47-32-17-13-26(14-18-32)38-25-46-41(57-38)27-15-19-33(20-16-27)48-40(52)37-24-29-22-35(29)50(37)43(54)45(2,56)31-11-7-4-8-12-31/h3-20,25,28-29,34-37,55-56H,21-24H2,1-2H3,(H,47,51)(H,48,52)/t28?,29?,34?,35?,36?,37?,44-,45-/m1/s1. The number of likely N-dealkylation sites (tertiary alicyclic amines) is 2. The molecule has 2 saturated carbocycles. The molecule has 9 rings (SSSR count). The van der Waals surface area contributed by atoms with Gasteiger partial charge >= 0.3 is 0 Å². The molecule has 290 valence electrons. The molecule has 4 amide bonds. The van der Waals surface area contributed by atoms with Crippen LogP contribution >= 0.6 is 0 Å². The summed E-state index contributed by atoms with van der Waals surface area (Å²) in [6, 6.07) is 30.4. The van der Waals surface area contributed by atoms with Gasteiger partial charge in [0.1, 0.15) is 12.1 Å². The van der Waals surface area contributed by atoms with E-state index in [-0.39, 0.29) is 35.7 Å². The minimum atomic E-state index is -1.75. The van der Waals surface area contributed by atoms with E-state index in [9.17, 15) is 29.4 Å². The first-order valence-corrected chi connectivity index (χ1v) is 19.4. The summed E-state index contributed by atoms with van der Waals surface area (Å²) in [7, 11) is 0. The third-order valence-corrected chi connectivity index (χ3v) is 12.1. The molecule has 2 aliphatic carbocycles. The van der Waals surface area contributed by atoms with Gasteiger partial charge < -0.3 is 35.1 Å². The number of nitrogens with zero attached hydrogens (tertiary/aromatic N) is 3. The molecule has 4 N–H and O–H groups in total. The van der Waals surface area contributed by atoms with Crippen LogP contribution in [0, 0.1) is 11.8 Å². The molecule has 2 aliphatic heterocycles. The zero-order valence-corrected chi connectivity index (χ0v) is 31.5. The minimum Gasteiger partial charge on any atom is -0.436 e. The molecule has 6 unspecified atom stereocenters. The number of carbonyl (C=O) groups is 4. The Kier molecular flexibility index (Phi) is 8.86. The Morgan fingerprint density at radius 2 is 1.04 bits per heavy atom. The highest BCUT2D eigenvalue weighted by Gasteiger charge is 2.59. The molecule has 12 nitrogen and oxygen atoms in total. The number of oxazole rings is 1. The number of nitrogens with one attached hydrogen (secondary N) is 2. The third-order valence-electron chi connectivity index (χ3n) is 12.1. The monoisotopic (exact) mass is 765 g/mol. The highest BCUT2D eigenvalue weighted by Crippen LogP contribution is 2.50. The number of anilines is 2. The van der Waals surface area contributed by atoms with Crippen LogP contribution in [-0.4, -0.2) is 72.8 Å². The van der Waals surface area contributed by atoms with Gasteiger partial charge in [0.2, 0.25) is 17.7 Å². The quantitative estimate of drug-likeness (QED) is 0.141. The summed E-state index contributed by atoms with van der Waals surface area (Å²) in [6.07, 6.45) is 4.39. The molecular formula is C45H43N5O7. The summed E-state index contributed by atoms with van der Waals surface area (Å²) >= 11 is 0. The average Bonchev–Trinajstić information content (AvgIpc) is 4.00. The molecule has 4 aliphatic rings. The zero-order valence-electron chi connectivity index (χ0n) is 31.5. The van der Waals surface area contributed by atoms with Gasteiger partial charge in [0.15, 0.2) is 17.0 Å². The van der Waals surface area contributed by atoms with Crippen LogP contribution in [0.25, 0.3) is 22.8 Å². The molecule has 1 aromatic heterocycles. The van der Waals surface area contributed by atoms with Crippen LogP contribution in [0.5, 0.6) is 0 Å². The molecule has 8 atom stereocenters. The average molecular weight is 766 g/mol. The number of aliphatic hydroxyl groups is 2. The summed E-state index contributed by atoms with van der Waals surface area (Å²) in [6.45, 7) is 2.97. The number of benzene rings is 4. The van der Waals surface area contributed by atoms with E-state index in [1.54, 1.807) is 101 Å². The van der Waals surface area contributed by atoms with E-state index in [1.165, 1.54) is 13.8 Å². The Bertz CT molecular complexity index is 2180. The maximum absolute atomic E-state index is 13.6. The molecule has 3 heterocycles. The van der Waals surface area contributed by atoms with Gasteiger partial charge in [-0.3, -0.25) is 19.2 Å². The van der Waals surface area contributed by atoms with Crippen molar-refractivity contribution in [3.8, 4) is 22.8 Å². The van der Waals surface area contributed by atoms with E-state index in [4.69, 9.17) is 4.42 Å². The number of hydrogen-bond donors (Lipinski definition) is 4. The van der Waals surface area contributed by atoms with E-state index in [1.807, 2.05) is 24.3 Å². The summed E-state index contributed by atoms with van der Waals surface area (Å²) in [5, 5.41) is 28.4. The van der Waals surface area contributed by atoms with Crippen molar-refractivity contribution in [2.24, 2.45) is 11.8 Å². The van der Waals surface area contributed by atoms with Gasteiger partial charge in [-0.2, -0.15) is 0 Å². The fourth-order valence-corrected chi connectivity index (χ4v) is 8.65. The van der Waals surface area contributed by atoms with Crippen LogP contribution in [0.4, 0.5) is 11.4 Å². The van der Waals surface area contributed by atoms with E-state index < -0.39 is 35.1 Å². The van der Waals surface area contributed by atoms with Crippen LogP contribution in [0.15, 0.2) is 120 Å². The normalized spacial score (nSPS) is 25.1. The third kappa shape index (κ3) is 6.68. The van der Waals surface area contributed by atoms with E-state index in [2.05, 4.69) is 15.6 Å². The van der Waals surface area contributed by atoms with Gasteiger partial charge in [-0.1, -0.05) is 60.7 Å². The van der Waals surface area contributed by atoms with Crippen LogP contribution in [0.3, 0.4) is 0 Å². The second-order valence-corrected chi connectivity index (χ2v) is 16.1. The van der Waals surface area contributed by atoms with Crippen molar-refractivity contribution in [2.75, 3.05) is 10.6 Å². The molecule has 0 radical (unpaired) electrons. The lowest BCUT2D eigenvalue weighted by Gasteiger charge is -2.33. The smallest absolute Gasteiger partial charge is 0.259 e. The molecule has 4 fully saturated rings. The number of carbonyl (C=O) groups excluding carboxylic acids is 4. The van der Waals surface area contributed by atoms with Gasteiger partial charge in [-0.05, 0) is 111 Å². The number of fused-ring (bicyclic) bond motifs is 2. The van der Waals surface area contributed by atoms with E-state index in [0.717, 1.165) is 18.4 Å². The molecule has 0 spiro atoms. The first-order chi connectivity index (χ1) is 27.4. The first-order valence-electron chi connectivity index (χ1n) is 19.4. The van der Waals surface area contributed by atoms with Gasteiger partial charge in [0.25, 0.3) is 11.8 Å². The molecular weight excluding hydrogens is 723 g/mol. The topological polar surface area (TPSA) is 165 Å². The van der Waals surface area contributed by atoms with Crippen LogP contribution < -0.4 is 10.6 Å². The number of hydrogen-bond acceptors (Lipinski definition) is 8. The molecule has 12 heteroatoms. The number of amides is 4. The lowest BCUT2D eigenvalue weighted by Crippen LogP contribution is -2.52. The van der Waals surface area contributed by atoms with Crippen LogP contribution in [0.1, 0.15) is 50.7 Å². The summed E-state index contributed by atoms with van der Waals surface area (Å²) in [5.41, 5.74) is 0.0286. The van der Waals surface area contributed by atoms with Crippen molar-refractivity contribution in [3.05, 3.63) is 127 Å². The fourth-order valence-electron chi connectivity index (χ4n) is 8.65. The van der Waals surface area contributed by atoms with Gasteiger partial charge in [-0.15, -0.1) is 0 Å². The van der Waals surface area contributed by atoms with E-state index in [0.29, 0.717) is 52.6 Å². The highest BCUT2D eigenvalue weighted by atomic mass is 16.4. The lowest BCUT2D eigenvalue weighted by molar-refractivity contribution is -0.155. The Labute approximate surface area is 329 Å². The number of rotatable bonds is 10. The zero-order chi connectivity index (χ0) is 39.6. The molecule has 2 saturated heterocycles. The van der Waals surface area contributed by atoms with Crippen molar-refractivity contribution >= 4 is 35.0 Å². The van der Waals surface area contributed by atoms with Gasteiger partial charge in [0, 0.05) is 34.6 Å². The summed E-state index contributed by atoms with van der Waals surface area (Å²) in [4.78, 5) is 61.9. The van der Waals surface area contributed by atoms with Gasteiger partial charge in [-0.25, -0.2) is 4.98 Å². The van der Waals surface area contributed by atoms with Crippen molar-refractivity contribution in [1.82, 2.24) is 14.8 Å². The van der Waals surface area contributed by atoms with Crippen LogP contribution in [0.2, 0.25) is 0 Å².